The Morgan fingerprint density at radius 2 is 0.900 bits per heavy atom. The molecule has 0 aliphatic carbocycles. The zero-order chi connectivity index (χ0) is 4.50. The van der Waals surface area contributed by atoms with Gasteiger partial charge in [0, 0.05) is 10.4 Å². The minimum Gasteiger partial charge on any atom is -1.00 e. The zero-order valence-electron chi connectivity index (χ0n) is 6.13. The summed E-state index contributed by atoms with van der Waals surface area (Å²) in [6, 6.07) is 0. The molecular formula is H15ClN4O4S. The molecule has 72 valence electrons. The SMILES string of the molecule is N.O=S(=O)([O-])[O-].[Cl-].[NH4+].[NH4+].[NH4+]. The molecule has 0 atom stereocenters. The van der Waals surface area contributed by atoms with Crippen molar-refractivity contribution in [1.29, 1.82) is 0 Å². The van der Waals surface area contributed by atoms with Gasteiger partial charge in [0.25, 0.3) is 0 Å². The van der Waals surface area contributed by atoms with Crippen LogP contribution >= 0.6 is 0 Å². The molecule has 10 heteroatoms. The maximum Gasteiger partial charge on any atom is 0.0311 e. The topological polar surface area (TPSA) is 225 Å². The summed E-state index contributed by atoms with van der Waals surface area (Å²) >= 11 is 0. The molecule has 0 saturated carbocycles. The summed E-state index contributed by atoms with van der Waals surface area (Å²) < 4.78 is 34.1. The Bertz CT molecular complexity index is 100. The van der Waals surface area contributed by atoms with Crippen LogP contribution in [0.5, 0.6) is 0 Å². The summed E-state index contributed by atoms with van der Waals surface area (Å²) in [4.78, 5) is 0. The minimum absolute atomic E-state index is 0. The first-order valence-electron chi connectivity index (χ1n) is 0.667. The number of halogens is 1. The molecule has 0 radical (unpaired) electrons. The molecule has 0 heterocycles. The smallest absolute Gasteiger partial charge is 0.0311 e. The van der Waals surface area contributed by atoms with E-state index in [2.05, 4.69) is 0 Å². The summed E-state index contributed by atoms with van der Waals surface area (Å²) in [5.41, 5.74) is 0. The zero-order valence-corrected chi connectivity index (χ0v) is 7.70. The van der Waals surface area contributed by atoms with Crippen LogP contribution in [0.3, 0.4) is 0 Å². The molecule has 0 aromatic heterocycles. The Kier molecular flexibility index (Phi) is 81.0. The van der Waals surface area contributed by atoms with Gasteiger partial charge >= 0.3 is 0 Å². The van der Waals surface area contributed by atoms with Crippen LogP contribution < -0.4 is 37.0 Å². The predicted octanol–water partition coefficient (Wildman–Crippen LogP) is -3.04. The van der Waals surface area contributed by atoms with E-state index in [0.717, 1.165) is 0 Å². The van der Waals surface area contributed by atoms with Crippen LogP contribution in [-0.4, -0.2) is 17.5 Å². The molecule has 0 amide bonds. The number of quaternary nitrogens is 3. The predicted molar refractivity (Wildman–Crippen MR) is 33.5 cm³/mol. The van der Waals surface area contributed by atoms with Crippen molar-refractivity contribution in [2.24, 2.45) is 0 Å². The standard InChI is InChI=1S/ClH.4H3N.H2O4S/c;;;;;1-5(2,3)4/h1H;4*1H3;(H2,1,2,3,4). The van der Waals surface area contributed by atoms with Crippen molar-refractivity contribution in [2.75, 3.05) is 0 Å². The molecule has 8 nitrogen and oxygen atoms in total. The third kappa shape index (κ3) is 41500000000000000911906223631106048. The summed E-state index contributed by atoms with van der Waals surface area (Å²) in [5, 5.41) is 0. The fourth-order valence-electron chi connectivity index (χ4n) is 0. The van der Waals surface area contributed by atoms with E-state index in [1.807, 2.05) is 0 Å². The minimum atomic E-state index is -5.17. The van der Waals surface area contributed by atoms with Gasteiger partial charge < -0.3 is 46.1 Å². The van der Waals surface area contributed by atoms with Gasteiger partial charge in [-0.3, -0.25) is 8.42 Å². The summed E-state index contributed by atoms with van der Waals surface area (Å²) in [5.74, 6) is 0. The van der Waals surface area contributed by atoms with Crippen molar-refractivity contribution in [3.8, 4) is 0 Å². The largest absolute Gasteiger partial charge is 1.00 e. The van der Waals surface area contributed by atoms with E-state index < -0.39 is 10.4 Å². The molecule has 0 aliphatic rings. The average Bonchev–Trinajstić information content (AvgIpc) is 0.722. The van der Waals surface area contributed by atoms with Gasteiger partial charge in [0.1, 0.15) is 0 Å². The van der Waals surface area contributed by atoms with E-state index in [9.17, 15) is 0 Å². The highest BCUT2D eigenvalue weighted by atomic mass is 35.5. The number of rotatable bonds is 0. The molecule has 0 rings (SSSR count). The third-order valence-electron chi connectivity index (χ3n) is 0. The van der Waals surface area contributed by atoms with Gasteiger partial charge in [-0.15, -0.1) is 0 Å². The Labute approximate surface area is 65.7 Å². The van der Waals surface area contributed by atoms with Crippen LogP contribution in [-0.2, 0) is 10.4 Å². The van der Waals surface area contributed by atoms with Crippen molar-refractivity contribution in [2.45, 2.75) is 0 Å². The van der Waals surface area contributed by atoms with Gasteiger partial charge in [0.15, 0.2) is 0 Å². The third-order valence-corrected chi connectivity index (χ3v) is 0. The highest BCUT2D eigenvalue weighted by molar-refractivity contribution is 7.79. The lowest BCUT2D eigenvalue weighted by Gasteiger charge is -2.06. The lowest BCUT2D eigenvalue weighted by molar-refractivity contribution is -0.0000102. The van der Waals surface area contributed by atoms with Crippen LogP contribution in [0.2, 0.25) is 0 Å². The highest BCUT2D eigenvalue weighted by Gasteiger charge is 1.49. The van der Waals surface area contributed by atoms with Gasteiger partial charge in [-0.2, -0.15) is 0 Å². The van der Waals surface area contributed by atoms with Crippen LogP contribution in [0.25, 0.3) is 0 Å². The van der Waals surface area contributed by atoms with Crippen molar-refractivity contribution >= 4 is 10.4 Å². The molecule has 0 fully saturated rings. The normalized spacial score (nSPS) is 5.80. The fourth-order valence-corrected chi connectivity index (χ4v) is 0. The average molecular weight is 203 g/mol. The molecule has 0 unspecified atom stereocenters. The summed E-state index contributed by atoms with van der Waals surface area (Å²) in [6.45, 7) is 0. The molecule has 0 saturated heterocycles. The Morgan fingerprint density at radius 3 is 0.900 bits per heavy atom. The lowest BCUT2D eigenvalue weighted by atomic mass is 14.0. The molecule has 0 aliphatic heterocycles. The molecule has 0 bridgehead atoms. The first-order chi connectivity index (χ1) is 2.00. The molecule has 15 N–H and O–H groups in total. The van der Waals surface area contributed by atoms with E-state index in [1.165, 1.54) is 0 Å². The lowest BCUT2D eigenvalue weighted by Crippen LogP contribution is -3.00. The first-order valence-corrected chi connectivity index (χ1v) is 2.00. The molecule has 10 heavy (non-hydrogen) atoms. The van der Waals surface area contributed by atoms with E-state index >= 15 is 0 Å². The van der Waals surface area contributed by atoms with Gasteiger partial charge in [-0.1, -0.05) is 0 Å². The van der Waals surface area contributed by atoms with Gasteiger partial charge in [0.2, 0.25) is 0 Å². The van der Waals surface area contributed by atoms with Crippen molar-refractivity contribution < 1.29 is 29.9 Å². The Balaban J connectivity index is -0.00000000800. The van der Waals surface area contributed by atoms with Gasteiger partial charge in [-0.25, -0.2) is 0 Å². The number of hydrogen-bond donors (Lipinski definition) is 4. The second kappa shape index (κ2) is 16.0. The van der Waals surface area contributed by atoms with Crippen molar-refractivity contribution in [3.63, 3.8) is 0 Å². The maximum absolute atomic E-state index is 8.52. The van der Waals surface area contributed by atoms with E-state index in [0.29, 0.717) is 0 Å². The van der Waals surface area contributed by atoms with E-state index in [1.54, 1.807) is 0 Å². The number of hydrogen-bond acceptors (Lipinski definition) is 5. The highest BCUT2D eigenvalue weighted by Crippen LogP contribution is 1.57. The van der Waals surface area contributed by atoms with Crippen LogP contribution in [0.1, 0.15) is 0 Å². The monoisotopic (exact) mass is 202 g/mol. The Morgan fingerprint density at radius 1 is 0.900 bits per heavy atom. The van der Waals surface area contributed by atoms with Crippen LogP contribution in [0.4, 0.5) is 0 Å². The first kappa shape index (κ1) is 50.6. The second-order valence-electron chi connectivity index (χ2n) is 0.408. The van der Waals surface area contributed by atoms with Gasteiger partial charge in [0.05, 0.1) is 0 Å². The molecule has 0 aromatic carbocycles. The van der Waals surface area contributed by atoms with E-state index in [4.69, 9.17) is 17.5 Å². The molecule has 0 aromatic rings. The molecular weight excluding hydrogens is 188 g/mol. The van der Waals surface area contributed by atoms with Gasteiger partial charge in [-0.05, 0) is 0 Å². The fraction of sp³-hybridized carbons (Fsp3) is 0. The van der Waals surface area contributed by atoms with Crippen LogP contribution in [0.15, 0.2) is 0 Å². The Hall–Kier alpha value is -0.0000000000000000971. The quantitative estimate of drug-likeness (QED) is 0.236. The van der Waals surface area contributed by atoms with Crippen LogP contribution in [0, 0.1) is 0 Å². The van der Waals surface area contributed by atoms with E-state index in [-0.39, 0.29) is 37.0 Å². The van der Waals surface area contributed by atoms with Crippen molar-refractivity contribution in [1.82, 2.24) is 24.6 Å². The maximum atomic E-state index is 8.52. The summed E-state index contributed by atoms with van der Waals surface area (Å²) in [6.07, 6.45) is 0. The summed E-state index contributed by atoms with van der Waals surface area (Å²) in [7, 11) is -5.17. The second-order valence-corrected chi connectivity index (χ2v) is 1.22. The van der Waals surface area contributed by atoms with Crippen molar-refractivity contribution in [3.05, 3.63) is 0 Å². The molecule has 0 spiro atoms.